The van der Waals surface area contributed by atoms with E-state index in [2.05, 4.69) is 22.1 Å². The van der Waals surface area contributed by atoms with Gasteiger partial charge >= 0.3 is 0 Å². The SMILES string of the molecule is C=C/C=C(NC(=O)CSc1nnc(C(F)F)n1-c1ccc(C)c2ccccc12)\C(C)=C/CS(N)(=O)=O. The summed E-state index contributed by atoms with van der Waals surface area (Å²) in [5.74, 6) is -1.55. The molecule has 190 valence electrons. The van der Waals surface area contributed by atoms with E-state index < -0.39 is 33.9 Å². The largest absolute Gasteiger partial charge is 0.325 e. The molecular weight excluding hydrogens is 508 g/mol. The highest BCUT2D eigenvalue weighted by Crippen LogP contribution is 2.32. The normalized spacial score (nSPS) is 12.8. The molecule has 0 aliphatic rings. The van der Waals surface area contributed by atoms with Crippen LogP contribution in [-0.2, 0) is 14.8 Å². The Balaban J connectivity index is 1.87. The van der Waals surface area contributed by atoms with Gasteiger partial charge in [0.2, 0.25) is 21.8 Å². The summed E-state index contributed by atoms with van der Waals surface area (Å²) in [5, 5.41) is 17.1. The number of benzene rings is 2. The van der Waals surface area contributed by atoms with Crippen molar-refractivity contribution >= 4 is 38.5 Å². The molecule has 1 heterocycles. The number of sulfonamides is 1. The van der Waals surface area contributed by atoms with Crippen LogP contribution in [0.4, 0.5) is 8.78 Å². The zero-order chi connectivity index (χ0) is 26.5. The standard InChI is InChI=1S/C24H25F2N5O3S2/c1-4-7-19(16(3)12-13-36(27,33)34)28-21(32)14-35-24-30-29-23(22(25)26)31(24)20-11-10-15(2)17-8-5-6-9-18(17)20/h4-12,22H,1,13-14H2,2-3H3,(H,28,32)(H2,27,33,34)/b16-12-,19-7+. The minimum Gasteiger partial charge on any atom is -0.325 e. The molecule has 8 nitrogen and oxygen atoms in total. The lowest BCUT2D eigenvalue weighted by atomic mass is 10.0. The Morgan fingerprint density at radius 3 is 2.56 bits per heavy atom. The predicted molar refractivity (Wildman–Crippen MR) is 137 cm³/mol. The molecule has 2 aromatic carbocycles. The van der Waals surface area contributed by atoms with Crippen LogP contribution in [0, 0.1) is 6.92 Å². The van der Waals surface area contributed by atoms with Crippen LogP contribution in [0.1, 0.15) is 24.7 Å². The van der Waals surface area contributed by atoms with Crippen molar-refractivity contribution in [2.75, 3.05) is 11.5 Å². The first-order valence-corrected chi connectivity index (χ1v) is 13.4. The number of fused-ring (bicyclic) bond motifs is 1. The van der Waals surface area contributed by atoms with Gasteiger partial charge in [-0.15, -0.1) is 10.2 Å². The Morgan fingerprint density at radius 2 is 1.92 bits per heavy atom. The number of allylic oxidation sites excluding steroid dienone is 3. The fourth-order valence-corrected chi connectivity index (χ4v) is 4.66. The van der Waals surface area contributed by atoms with Gasteiger partial charge in [-0.25, -0.2) is 22.3 Å². The molecule has 3 aromatic rings. The number of nitrogens with zero attached hydrogens (tertiary/aromatic N) is 3. The maximum Gasteiger partial charge on any atom is 0.297 e. The number of aryl methyl sites for hydroxylation is 1. The molecule has 0 spiro atoms. The van der Waals surface area contributed by atoms with Crippen LogP contribution >= 0.6 is 11.8 Å². The lowest BCUT2D eigenvalue weighted by Gasteiger charge is -2.14. The van der Waals surface area contributed by atoms with Crippen LogP contribution in [0.3, 0.4) is 0 Å². The van der Waals surface area contributed by atoms with Gasteiger partial charge in [0.25, 0.3) is 6.43 Å². The first-order chi connectivity index (χ1) is 17.0. The summed E-state index contributed by atoms with van der Waals surface area (Å²) in [7, 11) is -3.72. The number of nitrogens with one attached hydrogen (secondary N) is 1. The quantitative estimate of drug-likeness (QED) is 0.298. The van der Waals surface area contributed by atoms with Crippen LogP contribution < -0.4 is 10.5 Å². The summed E-state index contributed by atoms with van der Waals surface area (Å²) in [4.78, 5) is 12.7. The molecule has 0 saturated carbocycles. The van der Waals surface area contributed by atoms with Crippen LogP contribution in [0.5, 0.6) is 0 Å². The summed E-state index contributed by atoms with van der Waals surface area (Å²) < 4.78 is 51.4. The van der Waals surface area contributed by atoms with Crippen molar-refractivity contribution in [2.45, 2.75) is 25.4 Å². The fraction of sp³-hybridized carbons (Fsp3) is 0.208. The molecule has 12 heteroatoms. The highest BCUT2D eigenvalue weighted by atomic mass is 32.2. The maximum atomic E-state index is 13.8. The molecule has 1 amide bonds. The van der Waals surface area contributed by atoms with Crippen molar-refractivity contribution in [3.8, 4) is 5.69 Å². The van der Waals surface area contributed by atoms with Gasteiger partial charge < -0.3 is 5.32 Å². The van der Waals surface area contributed by atoms with E-state index in [1.54, 1.807) is 13.0 Å². The third kappa shape index (κ3) is 6.65. The second-order valence-corrected chi connectivity index (χ2v) is 10.4. The van der Waals surface area contributed by atoms with E-state index in [4.69, 9.17) is 5.14 Å². The van der Waals surface area contributed by atoms with Gasteiger partial charge in [-0.2, -0.15) is 0 Å². The third-order valence-electron chi connectivity index (χ3n) is 5.15. The second-order valence-electron chi connectivity index (χ2n) is 7.79. The van der Waals surface area contributed by atoms with Gasteiger partial charge in [0.15, 0.2) is 5.16 Å². The van der Waals surface area contributed by atoms with Crippen molar-refractivity contribution in [1.82, 2.24) is 20.1 Å². The van der Waals surface area contributed by atoms with Crippen molar-refractivity contribution in [2.24, 2.45) is 5.14 Å². The van der Waals surface area contributed by atoms with Gasteiger partial charge in [-0.05, 0) is 42.5 Å². The van der Waals surface area contributed by atoms with Crippen LogP contribution in [-0.4, -0.2) is 40.6 Å². The highest BCUT2D eigenvalue weighted by molar-refractivity contribution is 7.99. The van der Waals surface area contributed by atoms with Crippen molar-refractivity contribution < 1.29 is 22.0 Å². The average molecular weight is 534 g/mol. The molecule has 36 heavy (non-hydrogen) atoms. The summed E-state index contributed by atoms with van der Waals surface area (Å²) in [5.41, 5.74) is 2.27. The molecule has 0 atom stereocenters. The van der Waals surface area contributed by atoms with E-state index in [0.29, 0.717) is 17.0 Å². The molecule has 0 radical (unpaired) electrons. The molecule has 0 aliphatic heterocycles. The number of carbonyl (C=O) groups is 1. The van der Waals surface area contributed by atoms with E-state index in [9.17, 15) is 22.0 Å². The number of amides is 1. The summed E-state index contributed by atoms with van der Waals surface area (Å²) in [6.07, 6.45) is 1.43. The van der Waals surface area contributed by atoms with Crippen molar-refractivity contribution in [1.29, 1.82) is 0 Å². The monoisotopic (exact) mass is 533 g/mol. The number of halogens is 2. The minimum absolute atomic E-state index is 0.130. The molecule has 0 bridgehead atoms. The lowest BCUT2D eigenvalue weighted by molar-refractivity contribution is -0.117. The Labute approximate surface area is 212 Å². The Morgan fingerprint density at radius 1 is 1.22 bits per heavy atom. The van der Waals surface area contributed by atoms with Gasteiger partial charge in [0.1, 0.15) is 0 Å². The Bertz CT molecular complexity index is 1460. The zero-order valence-corrected chi connectivity index (χ0v) is 21.2. The molecule has 0 aliphatic carbocycles. The van der Waals surface area contributed by atoms with E-state index in [-0.39, 0.29) is 10.9 Å². The third-order valence-corrected chi connectivity index (χ3v) is 6.71. The lowest BCUT2D eigenvalue weighted by Crippen LogP contribution is -2.25. The highest BCUT2D eigenvalue weighted by Gasteiger charge is 2.23. The molecule has 3 N–H and O–H groups in total. The van der Waals surface area contributed by atoms with Crippen molar-refractivity contribution in [3.63, 3.8) is 0 Å². The Hall–Kier alpha value is -3.35. The van der Waals surface area contributed by atoms with E-state index in [0.717, 1.165) is 28.1 Å². The number of rotatable bonds is 10. The van der Waals surface area contributed by atoms with Crippen molar-refractivity contribution in [3.05, 3.63) is 83.9 Å². The van der Waals surface area contributed by atoms with E-state index in [1.165, 1.54) is 22.8 Å². The first-order valence-electron chi connectivity index (χ1n) is 10.7. The maximum absolute atomic E-state index is 13.8. The smallest absolute Gasteiger partial charge is 0.297 e. The summed E-state index contributed by atoms with van der Waals surface area (Å²) in [6, 6.07) is 11.0. The minimum atomic E-state index is -3.72. The number of thioether (sulfide) groups is 1. The average Bonchev–Trinajstić information content (AvgIpc) is 3.25. The molecule has 0 unspecified atom stereocenters. The van der Waals surface area contributed by atoms with E-state index in [1.807, 2.05) is 37.3 Å². The second kappa shape index (κ2) is 11.6. The van der Waals surface area contributed by atoms with Gasteiger partial charge in [-0.3, -0.25) is 9.36 Å². The predicted octanol–water partition coefficient (Wildman–Crippen LogP) is 4.18. The number of nitrogens with two attached hydrogens (primary N) is 1. The first kappa shape index (κ1) is 27.2. The number of aromatic nitrogens is 3. The van der Waals surface area contributed by atoms with Crippen LogP contribution in [0.15, 0.2) is 77.6 Å². The van der Waals surface area contributed by atoms with Gasteiger partial charge in [0.05, 0.1) is 17.2 Å². The van der Waals surface area contributed by atoms with Crippen LogP contribution in [0.2, 0.25) is 0 Å². The number of carbonyl (C=O) groups excluding carboxylic acids is 1. The fourth-order valence-electron chi connectivity index (χ4n) is 3.43. The molecule has 3 rings (SSSR count). The van der Waals surface area contributed by atoms with Crippen LogP contribution in [0.25, 0.3) is 16.5 Å². The number of hydrogen-bond donors (Lipinski definition) is 2. The van der Waals surface area contributed by atoms with Gasteiger partial charge in [0, 0.05) is 11.1 Å². The molecule has 0 fully saturated rings. The molecular formula is C24H25F2N5O3S2. The molecule has 1 aromatic heterocycles. The summed E-state index contributed by atoms with van der Waals surface area (Å²) >= 11 is 0.946. The number of alkyl halides is 2. The number of primary sulfonamides is 1. The Kier molecular flexibility index (Phi) is 8.77. The molecule has 0 saturated heterocycles. The summed E-state index contributed by atoms with van der Waals surface area (Å²) in [6.45, 7) is 7.14. The number of hydrogen-bond acceptors (Lipinski definition) is 6. The van der Waals surface area contributed by atoms with E-state index >= 15 is 0 Å². The topological polar surface area (TPSA) is 120 Å². The van der Waals surface area contributed by atoms with Gasteiger partial charge in [-0.1, -0.05) is 60.8 Å². The zero-order valence-electron chi connectivity index (χ0n) is 19.6.